The number of carbonyl (C=O) groups is 1. The lowest BCUT2D eigenvalue weighted by molar-refractivity contribution is 0.0713. The maximum absolute atomic E-state index is 12.3. The number of piperazine rings is 1. The Labute approximate surface area is 147 Å². The molecular weight excluding hydrogens is 340 g/mol. The molecule has 0 radical (unpaired) electrons. The molecule has 1 fully saturated rings. The monoisotopic (exact) mass is 354 g/mol. The summed E-state index contributed by atoms with van der Waals surface area (Å²) in [5.41, 5.74) is 0.272. The molecule has 3 aromatic rings. The molecule has 1 aliphatic rings. The van der Waals surface area contributed by atoms with E-state index >= 15 is 0 Å². The SMILES string of the molecule is N#Cc1nc(-c2cccs2)oc1N1CCN(C(=O)c2ccco2)CC1. The Balaban J connectivity index is 1.49. The molecule has 0 unspecified atom stereocenters. The predicted molar refractivity (Wildman–Crippen MR) is 91.4 cm³/mol. The lowest BCUT2D eigenvalue weighted by atomic mass is 10.2. The Morgan fingerprint density at radius 1 is 1.24 bits per heavy atom. The molecule has 4 rings (SSSR count). The highest BCUT2D eigenvalue weighted by Crippen LogP contribution is 2.31. The summed E-state index contributed by atoms with van der Waals surface area (Å²) in [5, 5.41) is 11.3. The lowest BCUT2D eigenvalue weighted by Gasteiger charge is -2.34. The van der Waals surface area contributed by atoms with Crippen LogP contribution >= 0.6 is 11.3 Å². The number of rotatable bonds is 3. The van der Waals surface area contributed by atoms with Crippen molar-refractivity contribution in [2.45, 2.75) is 0 Å². The first-order chi connectivity index (χ1) is 12.3. The Morgan fingerprint density at radius 3 is 2.72 bits per heavy atom. The number of furan rings is 1. The smallest absolute Gasteiger partial charge is 0.289 e. The van der Waals surface area contributed by atoms with Gasteiger partial charge in [0.1, 0.15) is 6.07 Å². The summed E-state index contributed by atoms with van der Waals surface area (Å²) in [7, 11) is 0. The van der Waals surface area contributed by atoms with E-state index in [1.54, 1.807) is 17.0 Å². The first kappa shape index (κ1) is 15.5. The van der Waals surface area contributed by atoms with Gasteiger partial charge >= 0.3 is 0 Å². The summed E-state index contributed by atoms with van der Waals surface area (Å²) in [5.74, 6) is 1.14. The Kier molecular flexibility index (Phi) is 3.99. The van der Waals surface area contributed by atoms with Gasteiger partial charge < -0.3 is 18.6 Å². The normalized spacial score (nSPS) is 14.5. The lowest BCUT2D eigenvalue weighted by Crippen LogP contribution is -2.48. The summed E-state index contributed by atoms with van der Waals surface area (Å²) in [6.07, 6.45) is 1.49. The largest absolute Gasteiger partial charge is 0.459 e. The van der Waals surface area contributed by atoms with Crippen LogP contribution in [-0.4, -0.2) is 42.0 Å². The van der Waals surface area contributed by atoms with Gasteiger partial charge in [0.2, 0.25) is 17.5 Å². The summed E-state index contributed by atoms with van der Waals surface area (Å²) < 4.78 is 11.0. The summed E-state index contributed by atoms with van der Waals surface area (Å²) in [6, 6.07) is 9.27. The van der Waals surface area contributed by atoms with Crippen molar-refractivity contribution in [2.75, 3.05) is 31.1 Å². The van der Waals surface area contributed by atoms with Crippen molar-refractivity contribution in [1.29, 1.82) is 5.26 Å². The molecule has 0 bridgehead atoms. The van der Waals surface area contributed by atoms with E-state index in [9.17, 15) is 10.1 Å². The van der Waals surface area contributed by atoms with Crippen molar-refractivity contribution in [3.05, 3.63) is 47.4 Å². The van der Waals surface area contributed by atoms with E-state index in [2.05, 4.69) is 11.1 Å². The van der Waals surface area contributed by atoms with E-state index in [-0.39, 0.29) is 11.6 Å². The van der Waals surface area contributed by atoms with Crippen molar-refractivity contribution >= 4 is 23.1 Å². The van der Waals surface area contributed by atoms with Crippen LogP contribution in [-0.2, 0) is 0 Å². The quantitative estimate of drug-likeness (QED) is 0.719. The second kappa shape index (κ2) is 6.45. The van der Waals surface area contributed by atoms with Crippen LogP contribution in [0.25, 0.3) is 10.8 Å². The highest BCUT2D eigenvalue weighted by atomic mass is 32.1. The molecule has 4 heterocycles. The number of nitriles is 1. The molecule has 0 spiro atoms. The first-order valence-electron chi connectivity index (χ1n) is 7.79. The van der Waals surface area contributed by atoms with Gasteiger partial charge in [-0.15, -0.1) is 11.3 Å². The maximum Gasteiger partial charge on any atom is 0.289 e. The van der Waals surface area contributed by atoms with Crippen LogP contribution in [0.3, 0.4) is 0 Å². The number of thiophene rings is 1. The third-order valence-corrected chi connectivity index (χ3v) is 4.89. The van der Waals surface area contributed by atoms with Gasteiger partial charge in [-0.25, -0.2) is 0 Å². The minimum absolute atomic E-state index is 0.123. The molecule has 0 atom stereocenters. The van der Waals surface area contributed by atoms with Crippen LogP contribution < -0.4 is 4.90 Å². The zero-order valence-corrected chi connectivity index (χ0v) is 14.0. The molecular formula is C17H14N4O3S. The molecule has 7 nitrogen and oxygen atoms in total. The second-order valence-corrected chi connectivity index (χ2v) is 6.47. The third-order valence-electron chi connectivity index (χ3n) is 4.03. The number of carbonyl (C=O) groups excluding carboxylic acids is 1. The van der Waals surface area contributed by atoms with Crippen LogP contribution in [0.4, 0.5) is 5.88 Å². The van der Waals surface area contributed by atoms with E-state index in [0.29, 0.717) is 43.7 Å². The van der Waals surface area contributed by atoms with Crippen molar-refractivity contribution in [3.8, 4) is 16.8 Å². The van der Waals surface area contributed by atoms with Gasteiger partial charge in [0, 0.05) is 26.2 Å². The molecule has 8 heteroatoms. The van der Waals surface area contributed by atoms with Crippen LogP contribution in [0.5, 0.6) is 0 Å². The number of aromatic nitrogens is 1. The molecule has 3 aromatic heterocycles. The molecule has 1 aliphatic heterocycles. The second-order valence-electron chi connectivity index (χ2n) is 5.52. The van der Waals surface area contributed by atoms with E-state index in [1.165, 1.54) is 17.6 Å². The molecule has 0 aromatic carbocycles. The van der Waals surface area contributed by atoms with E-state index in [4.69, 9.17) is 8.83 Å². The fourth-order valence-electron chi connectivity index (χ4n) is 2.77. The number of oxazole rings is 1. The molecule has 0 N–H and O–H groups in total. The zero-order valence-electron chi connectivity index (χ0n) is 13.2. The van der Waals surface area contributed by atoms with Gasteiger partial charge in [-0.05, 0) is 23.6 Å². The predicted octanol–water partition coefficient (Wildman–Crippen LogP) is 2.83. The fourth-order valence-corrected chi connectivity index (χ4v) is 3.42. The van der Waals surface area contributed by atoms with Crippen LogP contribution in [0.1, 0.15) is 16.2 Å². The van der Waals surface area contributed by atoms with E-state index < -0.39 is 0 Å². The Morgan fingerprint density at radius 2 is 2.08 bits per heavy atom. The van der Waals surface area contributed by atoms with Crippen molar-refractivity contribution < 1.29 is 13.6 Å². The highest BCUT2D eigenvalue weighted by molar-refractivity contribution is 7.13. The van der Waals surface area contributed by atoms with Gasteiger partial charge in [0.25, 0.3) is 5.91 Å². The van der Waals surface area contributed by atoms with Gasteiger partial charge in [0.05, 0.1) is 11.1 Å². The maximum atomic E-state index is 12.3. The number of nitrogens with zero attached hydrogens (tertiary/aromatic N) is 4. The Hall–Kier alpha value is -3.05. The van der Waals surface area contributed by atoms with Gasteiger partial charge in [-0.3, -0.25) is 4.79 Å². The van der Waals surface area contributed by atoms with Gasteiger partial charge in [-0.1, -0.05) is 6.07 Å². The molecule has 25 heavy (non-hydrogen) atoms. The first-order valence-corrected chi connectivity index (χ1v) is 8.67. The molecule has 1 amide bonds. The molecule has 0 aliphatic carbocycles. The van der Waals surface area contributed by atoms with Crippen molar-refractivity contribution in [3.63, 3.8) is 0 Å². The fraction of sp³-hybridized carbons (Fsp3) is 0.235. The van der Waals surface area contributed by atoms with E-state index in [0.717, 1.165) is 4.88 Å². The number of anilines is 1. The molecule has 126 valence electrons. The van der Waals surface area contributed by atoms with Crippen LogP contribution in [0.2, 0.25) is 0 Å². The standard InChI is InChI=1S/C17H14N4O3S/c18-11-12-17(24-15(19-12)14-4-2-10-25-14)21-7-5-20(6-8-21)16(22)13-3-1-9-23-13/h1-4,9-10H,5-8H2. The summed E-state index contributed by atoms with van der Waals surface area (Å²) in [4.78, 5) is 21.2. The summed E-state index contributed by atoms with van der Waals surface area (Å²) >= 11 is 1.51. The van der Waals surface area contributed by atoms with Crippen LogP contribution in [0, 0.1) is 11.3 Å². The minimum atomic E-state index is -0.123. The van der Waals surface area contributed by atoms with Gasteiger partial charge in [0.15, 0.2) is 5.76 Å². The van der Waals surface area contributed by atoms with Gasteiger partial charge in [-0.2, -0.15) is 10.2 Å². The molecule has 1 saturated heterocycles. The average Bonchev–Trinajstić information content (AvgIpc) is 3.42. The number of amides is 1. The average molecular weight is 354 g/mol. The van der Waals surface area contributed by atoms with E-state index in [1.807, 2.05) is 22.4 Å². The molecule has 0 saturated carbocycles. The highest BCUT2D eigenvalue weighted by Gasteiger charge is 2.28. The zero-order chi connectivity index (χ0) is 17.2. The Bertz CT molecular complexity index is 901. The van der Waals surface area contributed by atoms with Crippen LogP contribution in [0.15, 0.2) is 44.7 Å². The topological polar surface area (TPSA) is 86.5 Å². The minimum Gasteiger partial charge on any atom is -0.459 e. The summed E-state index contributed by atoms with van der Waals surface area (Å²) in [6.45, 7) is 2.19. The third kappa shape index (κ3) is 2.90. The van der Waals surface area contributed by atoms with Crippen molar-refractivity contribution in [2.24, 2.45) is 0 Å². The van der Waals surface area contributed by atoms with Crippen molar-refractivity contribution in [1.82, 2.24) is 9.88 Å². The number of hydrogen-bond acceptors (Lipinski definition) is 7. The number of hydrogen-bond donors (Lipinski definition) is 0.